The Kier molecular flexibility index (Phi) is 5.46. The van der Waals surface area contributed by atoms with Gasteiger partial charge in [0, 0.05) is 20.1 Å². The molecule has 0 aromatic rings. The van der Waals surface area contributed by atoms with Gasteiger partial charge in [0.15, 0.2) is 0 Å². The number of ether oxygens (including phenoxy) is 1. The molecule has 124 valence electrons. The van der Waals surface area contributed by atoms with E-state index in [2.05, 4.69) is 11.0 Å². The molecule has 0 N–H and O–H groups in total. The average Bonchev–Trinajstić information content (AvgIpc) is 2.52. The first-order valence-electron chi connectivity index (χ1n) is 8.48. The van der Waals surface area contributed by atoms with E-state index in [1.165, 1.54) is 6.42 Å². The molecule has 1 aliphatic carbocycles. The Morgan fingerprint density at radius 1 is 1.27 bits per heavy atom. The van der Waals surface area contributed by atoms with E-state index in [1.807, 2.05) is 20.8 Å². The minimum Gasteiger partial charge on any atom is -0.373 e. The van der Waals surface area contributed by atoms with E-state index in [1.54, 1.807) is 11.9 Å². The Hall–Kier alpha value is -1.12. The van der Waals surface area contributed by atoms with E-state index in [0.29, 0.717) is 0 Å². The third kappa shape index (κ3) is 3.44. The van der Waals surface area contributed by atoms with E-state index in [-0.39, 0.29) is 24.2 Å². The lowest BCUT2D eigenvalue weighted by Crippen LogP contribution is -2.58. The Balaban J connectivity index is 2.07. The lowest BCUT2D eigenvalue weighted by Gasteiger charge is -2.43. The fraction of sp³-hybridized carbons (Fsp3) is 0.882. The standard InChI is InChI=1S/C17H29N3O2/c1-13-10-20(11-14(2)22-13)15(3)16(21)19(4)17(12-18)8-6-5-7-9-17/h13-15H,5-11H2,1-4H3/t13-,14-,15-/m0/s1. The van der Waals surface area contributed by atoms with Gasteiger partial charge >= 0.3 is 0 Å². The highest BCUT2D eigenvalue weighted by Gasteiger charge is 2.41. The molecule has 1 saturated heterocycles. The van der Waals surface area contributed by atoms with Crippen molar-refractivity contribution in [3.63, 3.8) is 0 Å². The number of hydrogen-bond donors (Lipinski definition) is 0. The second kappa shape index (κ2) is 6.97. The predicted molar refractivity (Wildman–Crippen MR) is 85.2 cm³/mol. The van der Waals surface area contributed by atoms with Crippen LogP contribution in [0.2, 0.25) is 0 Å². The smallest absolute Gasteiger partial charge is 0.240 e. The van der Waals surface area contributed by atoms with E-state index in [4.69, 9.17) is 4.74 Å². The van der Waals surface area contributed by atoms with Crippen molar-refractivity contribution in [1.29, 1.82) is 5.26 Å². The van der Waals surface area contributed by atoms with Crippen LogP contribution in [0.5, 0.6) is 0 Å². The molecule has 22 heavy (non-hydrogen) atoms. The van der Waals surface area contributed by atoms with Crippen LogP contribution in [0.25, 0.3) is 0 Å². The molecule has 1 aliphatic heterocycles. The minimum atomic E-state index is -0.604. The van der Waals surface area contributed by atoms with Gasteiger partial charge < -0.3 is 9.64 Å². The zero-order valence-electron chi connectivity index (χ0n) is 14.3. The van der Waals surface area contributed by atoms with Crippen LogP contribution in [-0.4, -0.2) is 59.6 Å². The summed E-state index contributed by atoms with van der Waals surface area (Å²) in [6.45, 7) is 7.58. The van der Waals surface area contributed by atoms with Crippen LogP contribution < -0.4 is 0 Å². The summed E-state index contributed by atoms with van der Waals surface area (Å²) in [6.07, 6.45) is 5.12. The third-order valence-corrected chi connectivity index (χ3v) is 5.21. The number of amides is 1. The summed E-state index contributed by atoms with van der Waals surface area (Å²) in [6, 6.07) is 2.23. The van der Waals surface area contributed by atoms with Crippen LogP contribution in [0.4, 0.5) is 0 Å². The van der Waals surface area contributed by atoms with Gasteiger partial charge in [0.25, 0.3) is 0 Å². The van der Waals surface area contributed by atoms with Gasteiger partial charge in [-0.2, -0.15) is 5.26 Å². The molecule has 1 heterocycles. The van der Waals surface area contributed by atoms with Crippen LogP contribution in [0.3, 0.4) is 0 Å². The molecule has 0 spiro atoms. The molecule has 0 radical (unpaired) electrons. The normalized spacial score (nSPS) is 30.3. The summed E-state index contributed by atoms with van der Waals surface area (Å²) in [5, 5.41) is 9.66. The highest BCUT2D eigenvalue weighted by molar-refractivity contribution is 5.82. The zero-order chi connectivity index (χ0) is 16.3. The fourth-order valence-electron chi connectivity index (χ4n) is 3.84. The van der Waals surface area contributed by atoms with Gasteiger partial charge in [0.1, 0.15) is 5.54 Å². The van der Waals surface area contributed by atoms with Crippen LogP contribution in [-0.2, 0) is 9.53 Å². The summed E-state index contributed by atoms with van der Waals surface area (Å²) in [5.41, 5.74) is -0.604. The predicted octanol–water partition coefficient (Wildman–Crippen LogP) is 2.17. The Morgan fingerprint density at radius 2 is 1.82 bits per heavy atom. The maximum atomic E-state index is 12.9. The summed E-state index contributed by atoms with van der Waals surface area (Å²) in [5.74, 6) is 0.0600. The quantitative estimate of drug-likeness (QED) is 0.802. The molecule has 2 rings (SSSR count). The number of nitriles is 1. The van der Waals surface area contributed by atoms with Crippen molar-refractivity contribution in [2.75, 3.05) is 20.1 Å². The molecule has 2 fully saturated rings. The SMILES string of the molecule is C[C@H]1CN([C@@H](C)C(=O)N(C)C2(C#N)CCCCC2)C[C@H](C)O1. The van der Waals surface area contributed by atoms with Crippen LogP contribution in [0.1, 0.15) is 52.9 Å². The van der Waals surface area contributed by atoms with E-state index in [0.717, 1.165) is 38.8 Å². The van der Waals surface area contributed by atoms with Crippen molar-refractivity contribution in [2.24, 2.45) is 0 Å². The van der Waals surface area contributed by atoms with Gasteiger partial charge in [-0.15, -0.1) is 0 Å². The van der Waals surface area contributed by atoms with Gasteiger partial charge in [0.05, 0.1) is 24.3 Å². The second-order valence-corrected chi connectivity index (χ2v) is 6.99. The van der Waals surface area contributed by atoms with Crippen LogP contribution >= 0.6 is 0 Å². The van der Waals surface area contributed by atoms with Gasteiger partial charge in [-0.3, -0.25) is 9.69 Å². The first-order valence-corrected chi connectivity index (χ1v) is 8.48. The molecular formula is C17H29N3O2. The molecule has 0 aromatic heterocycles. The fourth-order valence-corrected chi connectivity index (χ4v) is 3.84. The molecule has 0 unspecified atom stereocenters. The number of carbonyl (C=O) groups excluding carboxylic acids is 1. The molecule has 3 atom stereocenters. The summed E-state index contributed by atoms with van der Waals surface area (Å²) < 4.78 is 5.75. The number of morpholine rings is 1. The van der Waals surface area contributed by atoms with Gasteiger partial charge in [-0.25, -0.2) is 0 Å². The molecule has 2 aliphatic rings. The van der Waals surface area contributed by atoms with Crippen molar-refractivity contribution in [3.8, 4) is 6.07 Å². The molecule has 1 amide bonds. The highest BCUT2D eigenvalue weighted by Crippen LogP contribution is 2.33. The van der Waals surface area contributed by atoms with Crippen molar-refractivity contribution in [2.45, 2.75) is 76.7 Å². The Labute approximate surface area is 134 Å². The number of hydrogen-bond acceptors (Lipinski definition) is 4. The highest BCUT2D eigenvalue weighted by atomic mass is 16.5. The van der Waals surface area contributed by atoms with Gasteiger partial charge in [-0.05, 0) is 33.6 Å². The molecule has 5 heteroatoms. The first-order chi connectivity index (χ1) is 10.4. The average molecular weight is 307 g/mol. The van der Waals surface area contributed by atoms with Gasteiger partial charge in [0.2, 0.25) is 5.91 Å². The second-order valence-electron chi connectivity index (χ2n) is 6.99. The topological polar surface area (TPSA) is 56.6 Å². The maximum Gasteiger partial charge on any atom is 0.240 e. The molecule has 1 saturated carbocycles. The maximum absolute atomic E-state index is 12.9. The van der Waals surface area contributed by atoms with Crippen molar-refractivity contribution in [3.05, 3.63) is 0 Å². The monoisotopic (exact) mass is 307 g/mol. The zero-order valence-corrected chi connectivity index (χ0v) is 14.3. The molecular weight excluding hydrogens is 278 g/mol. The van der Waals surface area contributed by atoms with E-state index < -0.39 is 5.54 Å². The third-order valence-electron chi connectivity index (χ3n) is 5.21. The Bertz CT molecular complexity index is 430. The lowest BCUT2D eigenvalue weighted by atomic mass is 9.81. The minimum absolute atomic E-state index is 0.0600. The van der Waals surface area contributed by atoms with Crippen molar-refractivity contribution in [1.82, 2.24) is 9.80 Å². The van der Waals surface area contributed by atoms with Crippen LogP contribution in [0, 0.1) is 11.3 Å². The molecule has 5 nitrogen and oxygen atoms in total. The Morgan fingerprint density at radius 3 is 2.32 bits per heavy atom. The molecule has 0 aromatic carbocycles. The summed E-state index contributed by atoms with van der Waals surface area (Å²) >= 11 is 0. The van der Waals surface area contributed by atoms with E-state index in [9.17, 15) is 10.1 Å². The summed E-state index contributed by atoms with van der Waals surface area (Å²) in [7, 11) is 1.81. The number of likely N-dealkylation sites (N-methyl/N-ethyl adjacent to an activating group) is 1. The largest absolute Gasteiger partial charge is 0.373 e. The first kappa shape index (κ1) is 17.2. The number of carbonyl (C=O) groups is 1. The van der Waals surface area contributed by atoms with Crippen LogP contribution in [0.15, 0.2) is 0 Å². The lowest BCUT2D eigenvalue weighted by molar-refractivity contribution is -0.145. The number of nitrogens with zero attached hydrogens (tertiary/aromatic N) is 3. The van der Waals surface area contributed by atoms with Crippen molar-refractivity contribution >= 4 is 5.91 Å². The van der Waals surface area contributed by atoms with E-state index >= 15 is 0 Å². The van der Waals surface area contributed by atoms with Crippen molar-refractivity contribution < 1.29 is 9.53 Å². The van der Waals surface area contributed by atoms with Gasteiger partial charge in [-0.1, -0.05) is 19.3 Å². The molecule has 0 bridgehead atoms. The summed E-state index contributed by atoms with van der Waals surface area (Å²) in [4.78, 5) is 16.8. The number of rotatable bonds is 3.